The van der Waals surface area contributed by atoms with Crippen LogP contribution in [0.1, 0.15) is 0 Å². The van der Waals surface area contributed by atoms with E-state index in [0.717, 1.165) is 11.9 Å². The van der Waals surface area contributed by atoms with Crippen molar-refractivity contribution < 1.29 is 17.9 Å². The minimum atomic E-state index is -4.11. The lowest BCUT2D eigenvalue weighted by Crippen LogP contribution is -2.44. The molecule has 90 valence electrons. The van der Waals surface area contributed by atoms with E-state index in [1.807, 2.05) is 4.90 Å². The summed E-state index contributed by atoms with van der Waals surface area (Å²) in [6, 6.07) is 0. The number of morpholine rings is 1. The Kier molecular flexibility index (Phi) is 5.73. The molecule has 1 atom stereocenters. The highest BCUT2D eigenvalue weighted by atomic mass is 79.9. The average molecular weight is 308 g/mol. The zero-order valence-electron chi connectivity index (χ0n) is 8.10. The fourth-order valence-corrected chi connectivity index (χ4v) is 2.34. The zero-order valence-corrected chi connectivity index (χ0v) is 10.5. The molecule has 0 N–H and O–H groups in total. The smallest absolute Gasteiger partial charge is 0.375 e. The van der Waals surface area contributed by atoms with Crippen molar-refractivity contribution in [2.45, 2.75) is 11.6 Å². The van der Waals surface area contributed by atoms with Gasteiger partial charge >= 0.3 is 5.51 Å². The molecule has 1 heterocycles. The van der Waals surface area contributed by atoms with E-state index in [0.29, 0.717) is 19.7 Å². The van der Waals surface area contributed by atoms with Crippen LogP contribution in [0, 0.1) is 0 Å². The molecule has 0 spiro atoms. The molecular weight excluding hydrogens is 295 g/mol. The third kappa shape index (κ3) is 5.99. The summed E-state index contributed by atoms with van der Waals surface area (Å²) in [7, 11) is 0. The molecule has 1 fully saturated rings. The van der Waals surface area contributed by atoms with Crippen LogP contribution in [0.3, 0.4) is 0 Å². The van der Waals surface area contributed by atoms with Gasteiger partial charge in [-0.1, -0.05) is 15.9 Å². The standard InChI is InChI=1S/C8H13BrF3NOS/c9-5-7-6-13(1-3-14-7)2-4-15-8(10,11)12/h7H,1-6H2. The lowest BCUT2D eigenvalue weighted by Gasteiger charge is -2.31. The van der Waals surface area contributed by atoms with Crippen LogP contribution in [0.5, 0.6) is 0 Å². The van der Waals surface area contributed by atoms with Crippen molar-refractivity contribution in [3.63, 3.8) is 0 Å². The van der Waals surface area contributed by atoms with Crippen LogP contribution >= 0.6 is 27.7 Å². The molecule has 2 nitrogen and oxygen atoms in total. The van der Waals surface area contributed by atoms with E-state index in [1.54, 1.807) is 0 Å². The number of rotatable bonds is 4. The lowest BCUT2D eigenvalue weighted by atomic mass is 10.3. The van der Waals surface area contributed by atoms with E-state index < -0.39 is 5.51 Å². The second kappa shape index (κ2) is 6.32. The molecule has 1 aliphatic heterocycles. The van der Waals surface area contributed by atoms with Crippen molar-refractivity contribution in [2.24, 2.45) is 0 Å². The number of hydrogen-bond acceptors (Lipinski definition) is 3. The molecule has 0 aromatic rings. The van der Waals surface area contributed by atoms with Crippen molar-refractivity contribution >= 4 is 27.7 Å². The number of ether oxygens (including phenoxy) is 1. The topological polar surface area (TPSA) is 12.5 Å². The third-order valence-electron chi connectivity index (χ3n) is 2.07. The first-order valence-electron chi connectivity index (χ1n) is 4.62. The predicted octanol–water partition coefficient (Wildman–Crippen LogP) is 2.34. The van der Waals surface area contributed by atoms with Gasteiger partial charge in [0.05, 0.1) is 12.7 Å². The maximum Gasteiger partial charge on any atom is 0.441 e. The van der Waals surface area contributed by atoms with Gasteiger partial charge < -0.3 is 4.74 Å². The second-order valence-electron chi connectivity index (χ2n) is 3.24. The van der Waals surface area contributed by atoms with Gasteiger partial charge in [-0.25, -0.2) is 0 Å². The Morgan fingerprint density at radius 3 is 2.80 bits per heavy atom. The maximum absolute atomic E-state index is 11.9. The van der Waals surface area contributed by atoms with Gasteiger partial charge in [-0.3, -0.25) is 4.90 Å². The highest BCUT2D eigenvalue weighted by Gasteiger charge is 2.28. The molecule has 1 saturated heterocycles. The van der Waals surface area contributed by atoms with Crippen LogP contribution in [-0.4, -0.2) is 53.8 Å². The summed E-state index contributed by atoms with van der Waals surface area (Å²) in [6.45, 7) is 2.51. The van der Waals surface area contributed by atoms with Crippen molar-refractivity contribution in [3.8, 4) is 0 Å². The van der Waals surface area contributed by atoms with Crippen LogP contribution in [-0.2, 0) is 4.74 Å². The van der Waals surface area contributed by atoms with Gasteiger partial charge in [-0.05, 0) is 11.8 Å². The summed E-state index contributed by atoms with van der Waals surface area (Å²) >= 11 is 3.34. The van der Waals surface area contributed by atoms with Crippen LogP contribution in [0.15, 0.2) is 0 Å². The Labute approximate surface area is 99.6 Å². The molecule has 0 aromatic heterocycles. The van der Waals surface area contributed by atoms with Crippen LogP contribution in [0.2, 0.25) is 0 Å². The molecule has 0 aliphatic carbocycles. The minimum absolute atomic E-state index is 0.0418. The van der Waals surface area contributed by atoms with Crippen molar-refractivity contribution in [1.82, 2.24) is 4.90 Å². The highest BCUT2D eigenvalue weighted by Crippen LogP contribution is 2.29. The Bertz CT molecular complexity index is 193. The van der Waals surface area contributed by atoms with Crippen LogP contribution in [0.4, 0.5) is 13.2 Å². The maximum atomic E-state index is 11.9. The molecule has 0 bridgehead atoms. The average Bonchev–Trinajstić information content (AvgIpc) is 2.16. The van der Waals surface area contributed by atoms with E-state index in [-0.39, 0.29) is 23.6 Å². The molecule has 0 amide bonds. The molecule has 0 radical (unpaired) electrons. The van der Waals surface area contributed by atoms with Crippen LogP contribution in [0.25, 0.3) is 0 Å². The predicted molar refractivity (Wildman–Crippen MR) is 58.5 cm³/mol. The van der Waals surface area contributed by atoms with E-state index >= 15 is 0 Å². The van der Waals surface area contributed by atoms with E-state index in [1.165, 1.54) is 0 Å². The zero-order chi connectivity index (χ0) is 11.3. The highest BCUT2D eigenvalue weighted by molar-refractivity contribution is 9.09. The Balaban J connectivity index is 2.15. The first-order valence-corrected chi connectivity index (χ1v) is 6.72. The molecule has 1 rings (SSSR count). The lowest BCUT2D eigenvalue weighted by molar-refractivity contribution is -0.0334. The van der Waals surface area contributed by atoms with Crippen molar-refractivity contribution in [2.75, 3.05) is 37.3 Å². The summed E-state index contributed by atoms with van der Waals surface area (Å²) in [5.74, 6) is 0.0957. The normalized spacial score (nSPS) is 24.4. The summed E-state index contributed by atoms with van der Waals surface area (Å²) < 4.78 is 41.0. The quantitative estimate of drug-likeness (QED) is 0.740. The van der Waals surface area contributed by atoms with Gasteiger partial charge in [0.1, 0.15) is 0 Å². The van der Waals surface area contributed by atoms with E-state index in [2.05, 4.69) is 15.9 Å². The Morgan fingerprint density at radius 1 is 1.47 bits per heavy atom. The fourth-order valence-electron chi connectivity index (χ4n) is 1.37. The molecule has 0 aromatic carbocycles. The molecule has 1 unspecified atom stereocenters. The number of hydrogen-bond donors (Lipinski definition) is 0. The Morgan fingerprint density at radius 2 is 2.20 bits per heavy atom. The van der Waals surface area contributed by atoms with E-state index in [4.69, 9.17) is 4.74 Å². The van der Waals surface area contributed by atoms with Gasteiger partial charge in [0.25, 0.3) is 0 Å². The van der Waals surface area contributed by atoms with Gasteiger partial charge in [0, 0.05) is 30.7 Å². The van der Waals surface area contributed by atoms with Gasteiger partial charge in [0.15, 0.2) is 0 Å². The van der Waals surface area contributed by atoms with E-state index in [9.17, 15) is 13.2 Å². The summed E-state index contributed by atoms with van der Waals surface area (Å²) in [6.07, 6.45) is 0.106. The second-order valence-corrected chi connectivity index (χ2v) is 5.05. The number of halogens is 4. The van der Waals surface area contributed by atoms with Crippen LogP contribution < -0.4 is 0 Å². The first-order chi connectivity index (χ1) is 7.01. The Hall–Kier alpha value is 0.540. The van der Waals surface area contributed by atoms with Gasteiger partial charge in [-0.2, -0.15) is 13.2 Å². The number of thioether (sulfide) groups is 1. The molecule has 0 saturated carbocycles. The SMILES string of the molecule is FC(F)(F)SCCN1CCOC(CBr)C1. The van der Waals surface area contributed by atoms with Gasteiger partial charge in [0.2, 0.25) is 0 Å². The summed E-state index contributed by atoms with van der Waals surface area (Å²) in [5, 5.41) is 0.732. The number of alkyl halides is 4. The molecule has 15 heavy (non-hydrogen) atoms. The summed E-state index contributed by atoms with van der Waals surface area (Å²) in [5.41, 5.74) is -4.11. The third-order valence-corrected chi connectivity index (χ3v) is 3.50. The van der Waals surface area contributed by atoms with Crippen molar-refractivity contribution in [3.05, 3.63) is 0 Å². The molecule has 7 heteroatoms. The minimum Gasteiger partial charge on any atom is -0.375 e. The molecular formula is C8H13BrF3NOS. The molecule has 1 aliphatic rings. The first kappa shape index (κ1) is 13.6. The van der Waals surface area contributed by atoms with Gasteiger partial charge in [-0.15, -0.1) is 0 Å². The number of nitrogens with zero attached hydrogens (tertiary/aromatic N) is 1. The van der Waals surface area contributed by atoms with Crippen molar-refractivity contribution in [1.29, 1.82) is 0 Å². The fraction of sp³-hybridized carbons (Fsp3) is 1.00. The monoisotopic (exact) mass is 307 g/mol. The summed E-state index contributed by atoms with van der Waals surface area (Å²) in [4.78, 5) is 2.01. The largest absolute Gasteiger partial charge is 0.441 e.